The predicted molar refractivity (Wildman–Crippen MR) is 80.4 cm³/mol. The standard InChI is InChI=1S/C16H15N3O/c1-12-15(10-13-8-9-18(2)11-13)16(20)19(17-12)14-6-4-3-5-7-14/h3-11H,1-2H3/b15-10-. The zero-order valence-corrected chi connectivity index (χ0v) is 11.4. The van der Waals surface area contributed by atoms with Crippen molar-refractivity contribution in [2.75, 3.05) is 5.01 Å². The van der Waals surface area contributed by atoms with Crippen molar-refractivity contribution in [3.05, 3.63) is 59.9 Å². The second-order valence-electron chi connectivity index (χ2n) is 4.81. The van der Waals surface area contributed by atoms with Crippen LogP contribution < -0.4 is 5.01 Å². The van der Waals surface area contributed by atoms with E-state index in [4.69, 9.17) is 0 Å². The molecule has 100 valence electrons. The van der Waals surface area contributed by atoms with E-state index in [1.54, 1.807) is 0 Å². The Morgan fingerprint density at radius 1 is 1.15 bits per heavy atom. The first-order valence-electron chi connectivity index (χ1n) is 6.44. The minimum absolute atomic E-state index is 0.0856. The van der Waals surface area contributed by atoms with Gasteiger partial charge in [-0.2, -0.15) is 10.1 Å². The number of anilines is 1. The fourth-order valence-corrected chi connectivity index (χ4v) is 2.21. The average Bonchev–Trinajstić information content (AvgIpc) is 2.98. The number of benzene rings is 1. The molecule has 0 atom stereocenters. The summed E-state index contributed by atoms with van der Waals surface area (Å²) in [6.07, 6.45) is 5.80. The van der Waals surface area contributed by atoms with Crippen LogP contribution in [-0.2, 0) is 11.8 Å². The Morgan fingerprint density at radius 2 is 1.90 bits per heavy atom. The number of hydrogen-bond acceptors (Lipinski definition) is 2. The molecule has 20 heavy (non-hydrogen) atoms. The van der Waals surface area contributed by atoms with E-state index in [2.05, 4.69) is 5.10 Å². The Balaban J connectivity index is 1.95. The maximum absolute atomic E-state index is 12.5. The first kappa shape index (κ1) is 12.4. The molecule has 1 aliphatic rings. The second kappa shape index (κ2) is 4.81. The lowest BCUT2D eigenvalue weighted by Gasteiger charge is -2.10. The molecule has 0 aliphatic carbocycles. The van der Waals surface area contributed by atoms with Gasteiger partial charge >= 0.3 is 0 Å². The van der Waals surface area contributed by atoms with Crippen LogP contribution in [0.3, 0.4) is 0 Å². The van der Waals surface area contributed by atoms with Crippen LogP contribution in [0.2, 0.25) is 0 Å². The number of hydrazone groups is 1. The van der Waals surface area contributed by atoms with Crippen LogP contribution >= 0.6 is 0 Å². The van der Waals surface area contributed by atoms with Gasteiger partial charge in [-0.1, -0.05) is 18.2 Å². The summed E-state index contributed by atoms with van der Waals surface area (Å²) in [6, 6.07) is 11.4. The molecule has 0 unspecified atom stereocenters. The third-order valence-electron chi connectivity index (χ3n) is 3.23. The number of amides is 1. The van der Waals surface area contributed by atoms with Gasteiger partial charge in [-0.05, 0) is 36.8 Å². The summed E-state index contributed by atoms with van der Waals surface area (Å²) in [5.74, 6) is -0.0856. The molecular formula is C16H15N3O. The quantitative estimate of drug-likeness (QED) is 0.769. The van der Waals surface area contributed by atoms with Gasteiger partial charge in [0.1, 0.15) is 0 Å². The summed E-state index contributed by atoms with van der Waals surface area (Å²) in [5, 5.41) is 5.80. The Labute approximate surface area is 117 Å². The monoisotopic (exact) mass is 265 g/mol. The smallest absolute Gasteiger partial charge is 0.280 e. The first-order chi connectivity index (χ1) is 9.65. The predicted octanol–water partition coefficient (Wildman–Crippen LogP) is 2.83. The van der Waals surface area contributed by atoms with Gasteiger partial charge in [0, 0.05) is 19.4 Å². The van der Waals surface area contributed by atoms with E-state index in [-0.39, 0.29) is 5.91 Å². The van der Waals surface area contributed by atoms with E-state index in [1.165, 1.54) is 5.01 Å². The molecule has 0 bridgehead atoms. The molecule has 4 nitrogen and oxygen atoms in total. The Kier molecular flexibility index (Phi) is 2.99. The number of hydrogen-bond donors (Lipinski definition) is 0. The fourth-order valence-electron chi connectivity index (χ4n) is 2.21. The molecule has 1 aromatic carbocycles. The zero-order chi connectivity index (χ0) is 14.1. The number of carbonyl (C=O) groups is 1. The minimum Gasteiger partial charge on any atom is -0.357 e. The van der Waals surface area contributed by atoms with E-state index < -0.39 is 0 Å². The van der Waals surface area contributed by atoms with Crippen molar-refractivity contribution < 1.29 is 4.79 Å². The van der Waals surface area contributed by atoms with Gasteiger partial charge < -0.3 is 4.57 Å². The molecule has 0 saturated carbocycles. The van der Waals surface area contributed by atoms with Crippen molar-refractivity contribution in [1.29, 1.82) is 0 Å². The van der Waals surface area contributed by atoms with E-state index in [1.807, 2.05) is 73.4 Å². The van der Waals surface area contributed by atoms with Crippen molar-refractivity contribution in [2.45, 2.75) is 6.92 Å². The van der Waals surface area contributed by atoms with Crippen LogP contribution in [0.1, 0.15) is 12.5 Å². The van der Waals surface area contributed by atoms with E-state index in [9.17, 15) is 4.79 Å². The highest BCUT2D eigenvalue weighted by Crippen LogP contribution is 2.24. The van der Waals surface area contributed by atoms with E-state index in [0.717, 1.165) is 17.0 Å². The molecule has 0 N–H and O–H groups in total. The van der Waals surface area contributed by atoms with Crippen LogP contribution in [0.5, 0.6) is 0 Å². The molecule has 0 saturated heterocycles. The first-order valence-corrected chi connectivity index (χ1v) is 6.44. The van der Waals surface area contributed by atoms with Crippen molar-refractivity contribution in [3.8, 4) is 0 Å². The van der Waals surface area contributed by atoms with Gasteiger partial charge in [-0.15, -0.1) is 0 Å². The number of carbonyl (C=O) groups excluding carboxylic acids is 1. The lowest BCUT2D eigenvalue weighted by Crippen LogP contribution is -2.21. The molecule has 2 heterocycles. The van der Waals surface area contributed by atoms with Crippen LogP contribution in [0.4, 0.5) is 5.69 Å². The maximum atomic E-state index is 12.5. The maximum Gasteiger partial charge on any atom is 0.280 e. The summed E-state index contributed by atoms with van der Waals surface area (Å²) in [5.41, 5.74) is 3.16. The summed E-state index contributed by atoms with van der Waals surface area (Å²) in [4.78, 5) is 12.5. The van der Waals surface area contributed by atoms with Crippen LogP contribution in [-0.4, -0.2) is 16.2 Å². The second-order valence-corrected chi connectivity index (χ2v) is 4.81. The largest absolute Gasteiger partial charge is 0.357 e. The molecular weight excluding hydrogens is 250 g/mol. The van der Waals surface area contributed by atoms with Crippen LogP contribution in [0.15, 0.2) is 59.5 Å². The topological polar surface area (TPSA) is 37.6 Å². The van der Waals surface area contributed by atoms with Gasteiger partial charge in [-0.3, -0.25) is 4.79 Å². The summed E-state index contributed by atoms with van der Waals surface area (Å²) >= 11 is 0. The van der Waals surface area contributed by atoms with Crippen LogP contribution in [0.25, 0.3) is 6.08 Å². The van der Waals surface area contributed by atoms with E-state index in [0.29, 0.717) is 5.57 Å². The number of aryl methyl sites for hydroxylation is 1. The summed E-state index contributed by atoms with van der Waals surface area (Å²) in [7, 11) is 1.95. The molecule has 2 aromatic rings. The van der Waals surface area contributed by atoms with Gasteiger partial charge in [0.05, 0.1) is 17.0 Å². The van der Waals surface area contributed by atoms with Gasteiger partial charge in [0.25, 0.3) is 5.91 Å². The number of aromatic nitrogens is 1. The molecule has 1 aliphatic heterocycles. The Bertz CT molecular complexity index is 710. The van der Waals surface area contributed by atoms with Crippen molar-refractivity contribution in [1.82, 2.24) is 4.57 Å². The lowest BCUT2D eigenvalue weighted by molar-refractivity contribution is -0.114. The normalized spacial score (nSPS) is 16.9. The number of rotatable bonds is 2. The molecule has 0 radical (unpaired) electrons. The Hall–Kier alpha value is -2.62. The highest BCUT2D eigenvalue weighted by Gasteiger charge is 2.28. The van der Waals surface area contributed by atoms with Crippen molar-refractivity contribution in [2.24, 2.45) is 12.1 Å². The van der Waals surface area contributed by atoms with Gasteiger partial charge in [-0.25, -0.2) is 0 Å². The fraction of sp³-hybridized carbons (Fsp3) is 0.125. The molecule has 1 aromatic heterocycles. The summed E-state index contributed by atoms with van der Waals surface area (Å²) in [6.45, 7) is 1.86. The molecule has 4 heteroatoms. The molecule has 3 rings (SSSR count). The lowest BCUT2D eigenvalue weighted by atomic mass is 10.1. The number of nitrogens with zero attached hydrogens (tertiary/aromatic N) is 3. The van der Waals surface area contributed by atoms with Gasteiger partial charge in [0.15, 0.2) is 0 Å². The van der Waals surface area contributed by atoms with Crippen molar-refractivity contribution in [3.63, 3.8) is 0 Å². The highest BCUT2D eigenvalue weighted by atomic mass is 16.2. The SMILES string of the molecule is CC1=NN(c2ccccc2)C(=O)/C1=C\c1ccn(C)c1. The third-order valence-corrected chi connectivity index (χ3v) is 3.23. The van der Waals surface area contributed by atoms with Gasteiger partial charge in [0.2, 0.25) is 0 Å². The van der Waals surface area contributed by atoms with Crippen LogP contribution in [0, 0.1) is 0 Å². The van der Waals surface area contributed by atoms with E-state index >= 15 is 0 Å². The average molecular weight is 265 g/mol. The highest BCUT2D eigenvalue weighted by molar-refractivity contribution is 6.32. The molecule has 0 fully saturated rings. The number of para-hydroxylation sites is 1. The van der Waals surface area contributed by atoms with Crippen molar-refractivity contribution >= 4 is 23.4 Å². The third kappa shape index (κ3) is 2.16. The summed E-state index contributed by atoms with van der Waals surface area (Å²) < 4.78 is 1.95. The molecule has 1 amide bonds. The zero-order valence-electron chi connectivity index (χ0n) is 11.4. The Morgan fingerprint density at radius 3 is 2.55 bits per heavy atom. The minimum atomic E-state index is -0.0856. The molecule has 0 spiro atoms.